The van der Waals surface area contributed by atoms with Crippen LogP contribution in [0.5, 0.6) is 0 Å². The van der Waals surface area contributed by atoms with Gasteiger partial charge in [0.2, 0.25) is 0 Å². The van der Waals surface area contributed by atoms with E-state index in [2.05, 4.69) is 46.6 Å². The van der Waals surface area contributed by atoms with Gasteiger partial charge in [0.25, 0.3) is 0 Å². The maximum atomic E-state index is 4.75. The van der Waals surface area contributed by atoms with Gasteiger partial charge in [-0.05, 0) is 12.1 Å². The summed E-state index contributed by atoms with van der Waals surface area (Å²) in [7, 11) is 0. The van der Waals surface area contributed by atoms with Crippen LogP contribution in [0.2, 0.25) is 0 Å². The minimum Gasteiger partial charge on any atom is -0.231 e. The highest BCUT2D eigenvalue weighted by Gasteiger charge is 2.30. The number of nitrogens with zero attached hydrogens (tertiary/aromatic N) is 3. The Bertz CT molecular complexity index is 539. The smallest absolute Gasteiger partial charge is 0.154 e. The lowest BCUT2D eigenvalue weighted by Gasteiger charge is -2.25. The summed E-state index contributed by atoms with van der Waals surface area (Å²) in [5.41, 5.74) is 3.36. The van der Waals surface area contributed by atoms with Crippen LogP contribution in [0.15, 0.2) is 18.3 Å². The second kappa shape index (κ2) is 3.56. The number of aromatic nitrogens is 3. The highest BCUT2D eigenvalue weighted by atomic mass is 15.3. The molecule has 2 aromatic heterocycles. The maximum Gasteiger partial charge on any atom is 0.154 e. The molecule has 0 aliphatic heterocycles. The van der Waals surface area contributed by atoms with Crippen LogP contribution in [0.3, 0.4) is 0 Å². The van der Waals surface area contributed by atoms with Crippen molar-refractivity contribution >= 4 is 5.65 Å². The molecule has 0 amide bonds. The average molecular weight is 231 g/mol. The first-order chi connectivity index (χ1) is 7.71. The molecule has 17 heavy (non-hydrogen) atoms. The molecule has 0 atom stereocenters. The number of fused-ring (bicyclic) bond motifs is 1. The van der Waals surface area contributed by atoms with E-state index in [1.807, 2.05) is 22.8 Å². The standard InChI is InChI=1S/C14H21N3/c1-13(2,3)11-12(14(4,5)6)17-10(16-11)8-7-9-15-17/h7-9H,1-6H3. The van der Waals surface area contributed by atoms with Crippen molar-refractivity contribution in [2.75, 3.05) is 0 Å². The normalized spacial score (nSPS) is 13.3. The Morgan fingerprint density at radius 3 is 2.18 bits per heavy atom. The van der Waals surface area contributed by atoms with Crippen LogP contribution in [-0.2, 0) is 10.8 Å². The quantitative estimate of drug-likeness (QED) is 0.696. The second-order valence-corrected chi connectivity index (χ2v) is 6.60. The topological polar surface area (TPSA) is 30.2 Å². The SMILES string of the molecule is CC(C)(C)c1nc2cccnn2c1C(C)(C)C. The Balaban J connectivity index is 2.84. The van der Waals surface area contributed by atoms with Gasteiger partial charge in [0.1, 0.15) is 0 Å². The first kappa shape index (κ1) is 12.1. The number of imidazole rings is 1. The summed E-state index contributed by atoms with van der Waals surface area (Å²) >= 11 is 0. The van der Waals surface area contributed by atoms with E-state index >= 15 is 0 Å². The summed E-state index contributed by atoms with van der Waals surface area (Å²) in [6.07, 6.45) is 1.82. The molecule has 0 bridgehead atoms. The molecule has 0 saturated carbocycles. The highest BCUT2D eigenvalue weighted by Crippen LogP contribution is 2.33. The molecule has 0 aromatic carbocycles. The number of hydrogen-bond acceptors (Lipinski definition) is 2. The van der Waals surface area contributed by atoms with Crippen LogP contribution in [0.4, 0.5) is 0 Å². The Morgan fingerprint density at radius 1 is 1.00 bits per heavy atom. The van der Waals surface area contributed by atoms with Gasteiger partial charge >= 0.3 is 0 Å². The third-order valence-corrected chi connectivity index (χ3v) is 2.81. The van der Waals surface area contributed by atoms with E-state index in [1.54, 1.807) is 0 Å². The molecular weight excluding hydrogens is 210 g/mol. The molecule has 2 aromatic rings. The fourth-order valence-corrected chi connectivity index (χ4v) is 2.08. The van der Waals surface area contributed by atoms with Crippen LogP contribution in [0, 0.1) is 0 Å². The van der Waals surface area contributed by atoms with E-state index in [0.717, 1.165) is 11.3 Å². The van der Waals surface area contributed by atoms with Crippen molar-refractivity contribution in [3.63, 3.8) is 0 Å². The molecule has 0 aliphatic carbocycles. The van der Waals surface area contributed by atoms with Crippen molar-refractivity contribution in [1.82, 2.24) is 14.6 Å². The fraction of sp³-hybridized carbons (Fsp3) is 0.571. The summed E-state index contributed by atoms with van der Waals surface area (Å²) in [5.74, 6) is 0. The molecular formula is C14H21N3. The van der Waals surface area contributed by atoms with Crippen molar-refractivity contribution in [2.45, 2.75) is 52.4 Å². The van der Waals surface area contributed by atoms with Crippen molar-refractivity contribution in [3.05, 3.63) is 29.7 Å². The molecule has 0 unspecified atom stereocenters. The molecule has 0 radical (unpaired) electrons. The molecule has 0 saturated heterocycles. The predicted octanol–water partition coefficient (Wildman–Crippen LogP) is 3.32. The van der Waals surface area contributed by atoms with E-state index < -0.39 is 0 Å². The van der Waals surface area contributed by atoms with Crippen LogP contribution in [0.1, 0.15) is 52.9 Å². The van der Waals surface area contributed by atoms with E-state index in [4.69, 9.17) is 4.98 Å². The monoisotopic (exact) mass is 231 g/mol. The van der Waals surface area contributed by atoms with Gasteiger partial charge in [0.15, 0.2) is 5.65 Å². The first-order valence-electron chi connectivity index (χ1n) is 6.06. The lowest BCUT2D eigenvalue weighted by Crippen LogP contribution is -2.23. The summed E-state index contributed by atoms with van der Waals surface area (Å²) in [6, 6.07) is 3.94. The van der Waals surface area contributed by atoms with Gasteiger partial charge in [-0.15, -0.1) is 0 Å². The number of hydrogen-bond donors (Lipinski definition) is 0. The fourth-order valence-electron chi connectivity index (χ4n) is 2.08. The highest BCUT2D eigenvalue weighted by molar-refractivity contribution is 5.45. The van der Waals surface area contributed by atoms with E-state index in [1.165, 1.54) is 5.69 Å². The summed E-state index contributed by atoms with van der Waals surface area (Å²) < 4.78 is 1.97. The van der Waals surface area contributed by atoms with E-state index in [-0.39, 0.29) is 10.8 Å². The Hall–Kier alpha value is -1.38. The third kappa shape index (κ3) is 2.06. The minimum atomic E-state index is 0.0380. The third-order valence-electron chi connectivity index (χ3n) is 2.81. The van der Waals surface area contributed by atoms with Crippen LogP contribution >= 0.6 is 0 Å². The maximum absolute atomic E-state index is 4.75. The Morgan fingerprint density at radius 2 is 1.65 bits per heavy atom. The van der Waals surface area contributed by atoms with Crippen molar-refractivity contribution < 1.29 is 0 Å². The Kier molecular flexibility index (Phi) is 2.53. The zero-order valence-electron chi connectivity index (χ0n) is 11.6. The zero-order chi connectivity index (χ0) is 12.8. The second-order valence-electron chi connectivity index (χ2n) is 6.60. The van der Waals surface area contributed by atoms with Crippen LogP contribution in [-0.4, -0.2) is 14.6 Å². The zero-order valence-corrected chi connectivity index (χ0v) is 11.6. The predicted molar refractivity (Wildman–Crippen MR) is 70.4 cm³/mol. The minimum absolute atomic E-state index is 0.0380. The molecule has 0 fully saturated rings. The number of rotatable bonds is 0. The lowest BCUT2D eigenvalue weighted by molar-refractivity contribution is 0.499. The van der Waals surface area contributed by atoms with Crippen molar-refractivity contribution in [3.8, 4) is 0 Å². The molecule has 0 spiro atoms. The van der Waals surface area contributed by atoms with Gasteiger partial charge in [-0.25, -0.2) is 9.50 Å². The summed E-state index contributed by atoms with van der Waals surface area (Å²) in [5, 5.41) is 4.44. The van der Waals surface area contributed by atoms with Gasteiger partial charge < -0.3 is 0 Å². The van der Waals surface area contributed by atoms with E-state index in [0.29, 0.717) is 0 Å². The van der Waals surface area contributed by atoms with Crippen molar-refractivity contribution in [1.29, 1.82) is 0 Å². The van der Waals surface area contributed by atoms with Gasteiger partial charge in [0, 0.05) is 17.0 Å². The molecule has 3 heteroatoms. The van der Waals surface area contributed by atoms with Crippen molar-refractivity contribution in [2.24, 2.45) is 0 Å². The lowest BCUT2D eigenvalue weighted by atomic mass is 9.82. The van der Waals surface area contributed by atoms with Crippen LogP contribution < -0.4 is 0 Å². The molecule has 3 nitrogen and oxygen atoms in total. The van der Waals surface area contributed by atoms with Gasteiger partial charge in [0.05, 0.1) is 11.4 Å². The average Bonchev–Trinajstić information content (AvgIpc) is 2.54. The summed E-state index contributed by atoms with van der Waals surface area (Å²) in [4.78, 5) is 4.75. The largest absolute Gasteiger partial charge is 0.231 e. The van der Waals surface area contributed by atoms with Gasteiger partial charge in [-0.2, -0.15) is 5.10 Å². The van der Waals surface area contributed by atoms with Gasteiger partial charge in [-0.1, -0.05) is 41.5 Å². The Labute approximate surface area is 103 Å². The molecule has 92 valence electrons. The van der Waals surface area contributed by atoms with E-state index in [9.17, 15) is 0 Å². The van der Waals surface area contributed by atoms with Gasteiger partial charge in [-0.3, -0.25) is 0 Å². The molecule has 2 heterocycles. The summed E-state index contributed by atoms with van der Waals surface area (Å²) in [6.45, 7) is 13.2. The molecule has 2 rings (SSSR count). The first-order valence-corrected chi connectivity index (χ1v) is 6.06. The molecule has 0 N–H and O–H groups in total. The van der Waals surface area contributed by atoms with Crippen LogP contribution in [0.25, 0.3) is 5.65 Å². The molecule has 0 aliphatic rings.